The molecule has 0 aromatic heterocycles. The molecule has 0 radical (unpaired) electrons. The van der Waals surface area contributed by atoms with E-state index >= 15 is 0 Å². The van der Waals surface area contributed by atoms with Crippen LogP contribution in [0, 0.1) is 5.92 Å². The number of hydrogen-bond donors (Lipinski definition) is 0. The highest BCUT2D eigenvalue weighted by Gasteiger charge is 2.19. The summed E-state index contributed by atoms with van der Waals surface area (Å²) >= 11 is 0. The van der Waals surface area contributed by atoms with Gasteiger partial charge in [0, 0.05) is 52.4 Å². The van der Waals surface area contributed by atoms with Crippen LogP contribution in [-0.4, -0.2) is 68.6 Å². The van der Waals surface area contributed by atoms with Crippen LogP contribution in [0.5, 0.6) is 0 Å². The molecule has 0 aromatic carbocycles. The first kappa shape index (κ1) is 14.0. The summed E-state index contributed by atoms with van der Waals surface area (Å²) in [5, 5.41) is 0. The van der Waals surface area contributed by atoms with Gasteiger partial charge in [-0.25, -0.2) is 0 Å². The molecule has 2 heterocycles. The maximum atomic E-state index is 10.3. The number of carbonyl (C=O) groups excluding carboxylic acids is 1. The fourth-order valence-electron chi connectivity index (χ4n) is 2.87. The molecule has 2 saturated heterocycles. The molecule has 4 heteroatoms. The summed E-state index contributed by atoms with van der Waals surface area (Å²) in [6, 6.07) is 0. The van der Waals surface area contributed by atoms with Gasteiger partial charge in [0.05, 0.1) is 0 Å². The maximum Gasteiger partial charge on any atom is 0.121 e. The lowest BCUT2D eigenvalue weighted by molar-refractivity contribution is -0.108. The molecule has 0 amide bonds. The zero-order valence-corrected chi connectivity index (χ0v) is 11.4. The topological polar surface area (TPSA) is 32.8 Å². The third kappa shape index (κ3) is 4.67. The summed E-state index contributed by atoms with van der Waals surface area (Å²) in [6.45, 7) is 8.70. The number of hydrogen-bond acceptors (Lipinski definition) is 4. The number of nitrogens with zero attached hydrogens (tertiary/aromatic N) is 2. The molecule has 0 saturated carbocycles. The van der Waals surface area contributed by atoms with Crippen LogP contribution in [0.15, 0.2) is 0 Å². The Hall–Kier alpha value is -0.450. The van der Waals surface area contributed by atoms with E-state index in [4.69, 9.17) is 4.74 Å². The van der Waals surface area contributed by atoms with Gasteiger partial charge < -0.3 is 19.3 Å². The summed E-state index contributed by atoms with van der Waals surface area (Å²) in [5.74, 6) is 0.881. The van der Waals surface area contributed by atoms with Crippen molar-refractivity contribution in [2.75, 3.05) is 52.5 Å². The summed E-state index contributed by atoms with van der Waals surface area (Å²) in [6.07, 6.45) is 5.54. The summed E-state index contributed by atoms with van der Waals surface area (Å²) in [7, 11) is 0. The van der Waals surface area contributed by atoms with Gasteiger partial charge >= 0.3 is 0 Å². The van der Waals surface area contributed by atoms with E-state index in [1.54, 1.807) is 0 Å². The van der Waals surface area contributed by atoms with Gasteiger partial charge in [-0.05, 0) is 31.7 Å². The second-order valence-corrected chi connectivity index (χ2v) is 5.48. The Bertz CT molecular complexity index is 234. The molecule has 18 heavy (non-hydrogen) atoms. The van der Waals surface area contributed by atoms with Crippen molar-refractivity contribution in [1.29, 1.82) is 0 Å². The second kappa shape index (κ2) is 7.87. The van der Waals surface area contributed by atoms with Crippen LogP contribution >= 0.6 is 0 Å². The van der Waals surface area contributed by atoms with E-state index in [1.165, 1.54) is 38.9 Å². The third-order valence-electron chi connectivity index (χ3n) is 4.22. The Morgan fingerprint density at radius 2 is 1.61 bits per heavy atom. The zero-order valence-electron chi connectivity index (χ0n) is 11.4. The lowest BCUT2D eigenvalue weighted by atomic mass is 9.96. The van der Waals surface area contributed by atoms with E-state index in [2.05, 4.69) is 9.80 Å². The molecule has 0 N–H and O–H groups in total. The zero-order chi connectivity index (χ0) is 12.6. The summed E-state index contributed by atoms with van der Waals surface area (Å²) < 4.78 is 5.39. The van der Waals surface area contributed by atoms with Crippen LogP contribution in [0.2, 0.25) is 0 Å². The number of ether oxygens (including phenoxy) is 1. The molecule has 2 aliphatic heterocycles. The monoisotopic (exact) mass is 254 g/mol. The van der Waals surface area contributed by atoms with Gasteiger partial charge in [-0.1, -0.05) is 0 Å². The predicted molar refractivity (Wildman–Crippen MR) is 71.7 cm³/mol. The highest BCUT2D eigenvalue weighted by Crippen LogP contribution is 2.19. The van der Waals surface area contributed by atoms with Crippen molar-refractivity contribution in [2.45, 2.75) is 25.7 Å². The van der Waals surface area contributed by atoms with E-state index in [0.29, 0.717) is 6.42 Å². The lowest BCUT2D eigenvalue weighted by Gasteiger charge is -2.35. The minimum atomic E-state index is 0.683. The van der Waals surface area contributed by atoms with Crippen LogP contribution in [-0.2, 0) is 9.53 Å². The van der Waals surface area contributed by atoms with Crippen molar-refractivity contribution in [3.05, 3.63) is 0 Å². The fourth-order valence-corrected chi connectivity index (χ4v) is 2.87. The van der Waals surface area contributed by atoms with Crippen molar-refractivity contribution in [2.24, 2.45) is 5.92 Å². The molecule has 2 rings (SSSR count). The Labute approximate surface area is 110 Å². The number of piperazine rings is 1. The van der Waals surface area contributed by atoms with Gasteiger partial charge in [-0.3, -0.25) is 0 Å². The van der Waals surface area contributed by atoms with Gasteiger partial charge in [-0.15, -0.1) is 0 Å². The Balaban J connectivity index is 1.56. The SMILES string of the molecule is O=CCCN1CCN(CCC2CCOCC2)CC1. The van der Waals surface area contributed by atoms with Crippen molar-refractivity contribution < 1.29 is 9.53 Å². The molecule has 0 spiro atoms. The minimum absolute atomic E-state index is 0.683. The van der Waals surface area contributed by atoms with Crippen LogP contribution in [0.25, 0.3) is 0 Å². The summed E-state index contributed by atoms with van der Waals surface area (Å²) in [4.78, 5) is 15.3. The molecule has 0 aliphatic carbocycles. The Kier molecular flexibility index (Phi) is 6.11. The van der Waals surface area contributed by atoms with E-state index in [1.807, 2.05) is 0 Å². The second-order valence-electron chi connectivity index (χ2n) is 5.48. The predicted octanol–water partition coefficient (Wildman–Crippen LogP) is 1.01. The van der Waals surface area contributed by atoms with Gasteiger partial charge in [0.15, 0.2) is 0 Å². The molecule has 4 nitrogen and oxygen atoms in total. The molecule has 0 unspecified atom stereocenters. The van der Waals surface area contributed by atoms with Crippen molar-refractivity contribution in [3.63, 3.8) is 0 Å². The first-order valence-corrected chi connectivity index (χ1v) is 7.34. The highest BCUT2D eigenvalue weighted by molar-refractivity contribution is 5.49. The molecule has 0 bridgehead atoms. The van der Waals surface area contributed by atoms with E-state index in [-0.39, 0.29) is 0 Å². The average molecular weight is 254 g/mol. The molecule has 2 aliphatic rings. The normalized spacial score (nSPS) is 24.2. The minimum Gasteiger partial charge on any atom is -0.381 e. The van der Waals surface area contributed by atoms with Crippen molar-refractivity contribution in [1.82, 2.24) is 9.80 Å². The molecule has 2 fully saturated rings. The first-order chi connectivity index (χ1) is 8.88. The maximum absolute atomic E-state index is 10.3. The molecular formula is C14H26N2O2. The van der Waals surface area contributed by atoms with Crippen LogP contribution in [0.1, 0.15) is 25.7 Å². The van der Waals surface area contributed by atoms with Crippen molar-refractivity contribution >= 4 is 6.29 Å². The van der Waals surface area contributed by atoms with E-state index < -0.39 is 0 Å². The standard InChI is InChI=1S/C14H26N2O2/c17-11-1-5-15-7-9-16(10-8-15)6-2-14-3-12-18-13-4-14/h11,14H,1-10,12-13H2. The van der Waals surface area contributed by atoms with Crippen molar-refractivity contribution in [3.8, 4) is 0 Å². The van der Waals surface area contributed by atoms with Crippen LogP contribution in [0.4, 0.5) is 0 Å². The molecular weight excluding hydrogens is 228 g/mol. The first-order valence-electron chi connectivity index (χ1n) is 7.34. The number of aldehydes is 1. The molecule has 104 valence electrons. The number of carbonyl (C=O) groups is 1. The molecule has 0 atom stereocenters. The number of rotatable bonds is 6. The van der Waals surface area contributed by atoms with Gasteiger partial charge in [-0.2, -0.15) is 0 Å². The lowest BCUT2D eigenvalue weighted by Crippen LogP contribution is -2.47. The van der Waals surface area contributed by atoms with Crippen LogP contribution < -0.4 is 0 Å². The van der Waals surface area contributed by atoms with E-state index in [9.17, 15) is 4.79 Å². The highest BCUT2D eigenvalue weighted by atomic mass is 16.5. The fraction of sp³-hybridized carbons (Fsp3) is 0.929. The average Bonchev–Trinajstić information content (AvgIpc) is 2.45. The van der Waals surface area contributed by atoms with E-state index in [0.717, 1.165) is 45.1 Å². The quantitative estimate of drug-likeness (QED) is 0.662. The largest absolute Gasteiger partial charge is 0.381 e. The molecule has 0 aromatic rings. The Morgan fingerprint density at radius 1 is 1.00 bits per heavy atom. The van der Waals surface area contributed by atoms with Gasteiger partial charge in [0.25, 0.3) is 0 Å². The van der Waals surface area contributed by atoms with Crippen LogP contribution in [0.3, 0.4) is 0 Å². The smallest absolute Gasteiger partial charge is 0.121 e. The third-order valence-corrected chi connectivity index (χ3v) is 4.22. The van der Waals surface area contributed by atoms with Gasteiger partial charge in [0.1, 0.15) is 6.29 Å². The van der Waals surface area contributed by atoms with Gasteiger partial charge in [0.2, 0.25) is 0 Å². The Morgan fingerprint density at radius 3 is 2.22 bits per heavy atom. The summed E-state index contributed by atoms with van der Waals surface area (Å²) in [5.41, 5.74) is 0.